The van der Waals surface area contributed by atoms with Crippen LogP contribution in [0.15, 0.2) is 48.5 Å². The summed E-state index contributed by atoms with van der Waals surface area (Å²) in [6, 6.07) is 16.2. The van der Waals surface area contributed by atoms with Crippen molar-refractivity contribution in [1.82, 2.24) is 0 Å². The third-order valence-corrected chi connectivity index (χ3v) is 16.2. The minimum atomic E-state index is -1.02. The molecular weight excluding hydrogens is 949 g/mol. The Balaban J connectivity index is 1.34. The van der Waals surface area contributed by atoms with Crippen molar-refractivity contribution in [3.63, 3.8) is 0 Å². The van der Waals surface area contributed by atoms with Crippen molar-refractivity contribution < 1.29 is 76.1 Å². The van der Waals surface area contributed by atoms with Crippen molar-refractivity contribution in [2.45, 2.75) is 95.6 Å². The predicted octanol–water partition coefficient (Wildman–Crippen LogP) is 9.91. The Bertz CT molecular complexity index is 2520. The minimum Gasteiger partial charge on any atom is -0.493 e. The predicted molar refractivity (Wildman–Crippen MR) is 283 cm³/mol. The van der Waals surface area contributed by atoms with E-state index in [0.29, 0.717) is 124 Å². The zero-order chi connectivity index (χ0) is 53.8. The smallest absolute Gasteiger partial charge is 0.309 e. The molecule has 2 heterocycles. The minimum absolute atomic E-state index is 0.0352. The monoisotopic (exact) mass is 1030 g/mol. The lowest BCUT2D eigenvalue weighted by Gasteiger charge is -2.47. The number of fused-ring (bicyclic) bond motifs is 2. The zero-order valence-corrected chi connectivity index (χ0v) is 46.0. The van der Waals surface area contributed by atoms with Crippen LogP contribution in [-0.4, -0.2) is 142 Å². The van der Waals surface area contributed by atoms with Gasteiger partial charge in [0.25, 0.3) is 0 Å². The number of quaternary nitrogens is 2. The van der Waals surface area contributed by atoms with Crippen LogP contribution in [0.3, 0.4) is 0 Å². The van der Waals surface area contributed by atoms with Gasteiger partial charge >= 0.3 is 11.9 Å². The van der Waals surface area contributed by atoms with E-state index in [9.17, 15) is 19.8 Å². The highest BCUT2D eigenvalue weighted by Gasteiger charge is 2.45. The molecule has 0 aromatic heterocycles. The first-order chi connectivity index (χ1) is 35.5. The highest BCUT2D eigenvalue weighted by Crippen LogP contribution is 2.50. The number of benzene rings is 4. The van der Waals surface area contributed by atoms with E-state index in [0.717, 1.165) is 73.1 Å². The topological polar surface area (TPSA) is 167 Å². The number of carbonyl (C=O) groups is 2. The molecule has 406 valence electrons. The first-order valence-electron chi connectivity index (χ1n) is 25.8. The zero-order valence-electron chi connectivity index (χ0n) is 46.0. The van der Waals surface area contributed by atoms with E-state index in [1.807, 2.05) is 24.3 Å². The number of rotatable bonds is 29. The fourth-order valence-corrected chi connectivity index (χ4v) is 12.0. The van der Waals surface area contributed by atoms with Crippen molar-refractivity contribution in [3.8, 4) is 57.5 Å². The summed E-state index contributed by atoms with van der Waals surface area (Å²) in [5.74, 6) is 4.31. The number of methoxy groups -OCH3 is 10. The molecule has 2 aliphatic rings. The molecule has 2 N–H and O–H groups in total. The van der Waals surface area contributed by atoms with Crippen molar-refractivity contribution in [3.05, 3.63) is 81.9 Å². The third-order valence-electron chi connectivity index (χ3n) is 16.2. The van der Waals surface area contributed by atoms with Crippen LogP contribution >= 0.6 is 0 Å². The number of hydrogen-bond acceptors (Lipinski definition) is 12. The van der Waals surface area contributed by atoms with E-state index in [2.05, 4.69) is 38.4 Å². The molecule has 0 saturated heterocycles. The lowest BCUT2D eigenvalue weighted by Crippen LogP contribution is -2.53. The molecule has 2 aliphatic heterocycles. The molecule has 0 spiro atoms. The number of unbranched alkanes of at least 4 members (excludes halogenated alkanes) is 3. The molecule has 0 fully saturated rings. The summed E-state index contributed by atoms with van der Waals surface area (Å²) in [5, 5.41) is 20.9. The van der Waals surface area contributed by atoms with Gasteiger partial charge in [-0.2, -0.15) is 0 Å². The van der Waals surface area contributed by atoms with Crippen molar-refractivity contribution >= 4 is 11.9 Å². The highest BCUT2D eigenvalue weighted by molar-refractivity contribution is 5.74. The molecule has 16 nitrogen and oxygen atoms in total. The first-order valence-corrected chi connectivity index (χ1v) is 25.8. The Morgan fingerprint density at radius 3 is 1.39 bits per heavy atom. The van der Waals surface area contributed by atoms with E-state index in [-0.39, 0.29) is 18.5 Å². The van der Waals surface area contributed by atoms with E-state index < -0.39 is 17.4 Å². The highest BCUT2D eigenvalue weighted by atomic mass is 16.5. The van der Waals surface area contributed by atoms with Gasteiger partial charge < -0.3 is 66.5 Å². The molecule has 0 saturated carbocycles. The molecule has 74 heavy (non-hydrogen) atoms. The molecule has 6 rings (SSSR count). The van der Waals surface area contributed by atoms with Gasteiger partial charge in [-0.25, -0.2) is 0 Å². The van der Waals surface area contributed by atoms with Gasteiger partial charge in [0.05, 0.1) is 117 Å². The van der Waals surface area contributed by atoms with E-state index in [4.69, 9.17) is 47.4 Å². The van der Waals surface area contributed by atoms with Crippen LogP contribution in [0.5, 0.6) is 57.5 Å². The molecule has 0 bridgehead atoms. The number of carboxylic acids is 2. The quantitative estimate of drug-likeness (QED) is 0.0390. The van der Waals surface area contributed by atoms with Crippen LogP contribution in [0.25, 0.3) is 0 Å². The summed E-state index contributed by atoms with van der Waals surface area (Å²) in [5.41, 5.74) is 5.56. The Labute approximate surface area is 438 Å². The molecular formula is C58H82N2O14+2. The van der Waals surface area contributed by atoms with Gasteiger partial charge in [0.2, 0.25) is 11.5 Å². The molecule has 5 atom stereocenters. The number of likely N-dealkylation sites (N-methyl/N-ethyl adjacent to an activating group) is 2. The van der Waals surface area contributed by atoms with Gasteiger partial charge in [-0.3, -0.25) is 9.59 Å². The number of carboxylic acid groups (broad SMARTS) is 2. The summed E-state index contributed by atoms with van der Waals surface area (Å²) >= 11 is 0. The fraction of sp³-hybridized carbons (Fsp3) is 0.552. The summed E-state index contributed by atoms with van der Waals surface area (Å²) in [4.78, 5) is 25.5. The second kappa shape index (κ2) is 25.3. The number of hydrogen-bond donors (Lipinski definition) is 2. The van der Waals surface area contributed by atoms with Crippen LogP contribution in [-0.2, 0) is 28.9 Å². The van der Waals surface area contributed by atoms with Crippen LogP contribution in [0.2, 0.25) is 0 Å². The van der Waals surface area contributed by atoms with E-state index >= 15 is 0 Å². The van der Waals surface area contributed by atoms with E-state index in [1.54, 1.807) is 71.1 Å². The summed E-state index contributed by atoms with van der Waals surface area (Å²) in [7, 11) is 20.8. The van der Waals surface area contributed by atoms with Crippen LogP contribution in [0.4, 0.5) is 0 Å². The maximum Gasteiger partial charge on any atom is 0.309 e. The molecule has 4 aromatic carbocycles. The Morgan fingerprint density at radius 1 is 0.500 bits per heavy atom. The fourth-order valence-electron chi connectivity index (χ4n) is 12.0. The largest absolute Gasteiger partial charge is 0.493 e. The Morgan fingerprint density at radius 2 is 0.919 bits per heavy atom. The van der Waals surface area contributed by atoms with Crippen molar-refractivity contribution in [1.29, 1.82) is 0 Å². The SMILES string of the molecule is COc1cc2c(cc1OC)[C@H](c1cc(OC)c(OC)c(OC)c1)[N@@+](C)(CCCC(CCCCCCC(=O)O)(CCC[N@@+]1(C)CCc3cc(OC)c(OC)cc3[C@H]1Cc1cc(OC)c(OC)c(OC)c1)C(=O)O)CC2. The average molecular weight is 1030 g/mol. The lowest BCUT2D eigenvalue weighted by molar-refractivity contribution is -0.941. The van der Waals surface area contributed by atoms with Gasteiger partial charge in [-0.1, -0.05) is 19.3 Å². The third kappa shape index (κ3) is 12.3. The molecule has 0 radical (unpaired) electrons. The Hall–Kier alpha value is -6.26. The second-order valence-electron chi connectivity index (χ2n) is 20.4. The van der Waals surface area contributed by atoms with Gasteiger partial charge in [0.1, 0.15) is 12.1 Å². The van der Waals surface area contributed by atoms with Crippen LogP contribution in [0.1, 0.15) is 110 Å². The maximum atomic E-state index is 14.1. The summed E-state index contributed by atoms with van der Waals surface area (Å²) in [6.45, 7) is 3.04. The van der Waals surface area contributed by atoms with Crippen LogP contribution < -0.4 is 47.4 Å². The van der Waals surface area contributed by atoms with Crippen molar-refractivity contribution in [2.75, 3.05) is 111 Å². The number of nitrogens with zero attached hydrogens (tertiary/aromatic N) is 2. The molecule has 1 unspecified atom stereocenters. The van der Waals surface area contributed by atoms with Gasteiger partial charge in [-0.15, -0.1) is 0 Å². The standard InChI is InChI=1S/C58H80N2O14/c1-59(27-20-39-32-45(65-3)47(67-5)36-42(39)44(59)29-38-30-49(69-7)55(73-11)50(31-38)70-8)25-17-23-58(57(63)64,22-16-14-13-15-19-53(61)62)24-18-26-60(2)28-21-40-33-46(66-4)48(68-6)37-43(40)54(60)41-34-51(71-9)56(74-12)52(35-41)72-10/h30-37,44,54H,13-29H2,1-12H3/p+2/t44-,54+,58?,59+,60+/m1/s1. The van der Waals surface area contributed by atoms with Crippen LogP contribution in [0, 0.1) is 5.41 Å². The van der Waals surface area contributed by atoms with Gasteiger partial charge in [0.15, 0.2) is 46.0 Å². The van der Waals surface area contributed by atoms with Crippen molar-refractivity contribution in [2.24, 2.45) is 5.41 Å². The average Bonchev–Trinajstić information content (AvgIpc) is 3.40. The molecule has 4 aromatic rings. The number of aliphatic carboxylic acids is 2. The molecule has 0 amide bonds. The van der Waals surface area contributed by atoms with Gasteiger partial charge in [-0.05, 0) is 104 Å². The number of ether oxygens (including phenoxy) is 10. The molecule has 0 aliphatic carbocycles. The van der Waals surface area contributed by atoms with E-state index in [1.165, 1.54) is 5.56 Å². The van der Waals surface area contributed by atoms with Gasteiger partial charge in [0, 0.05) is 42.4 Å². The second-order valence-corrected chi connectivity index (χ2v) is 20.4. The normalized spacial score (nSPS) is 19.7. The lowest BCUT2D eigenvalue weighted by atomic mass is 9.74. The summed E-state index contributed by atoms with van der Waals surface area (Å²) < 4.78 is 59.3. The molecule has 16 heteroatoms. The maximum absolute atomic E-state index is 14.1. The first kappa shape index (κ1) is 57.0. The Kier molecular flexibility index (Phi) is 19.5. The summed E-state index contributed by atoms with van der Waals surface area (Å²) in [6.07, 6.45) is 7.85.